The minimum atomic E-state index is -1.45. The number of hydrogen-bond acceptors (Lipinski definition) is 1. The fourth-order valence-electron chi connectivity index (χ4n) is 1.09. The summed E-state index contributed by atoms with van der Waals surface area (Å²) in [5.74, 6) is 0. The minimum absolute atomic E-state index is 0.609. The predicted molar refractivity (Wildman–Crippen MR) is 58.6 cm³/mol. The van der Waals surface area contributed by atoms with Gasteiger partial charge >= 0.3 is 0 Å². The summed E-state index contributed by atoms with van der Waals surface area (Å²) in [5.41, 5.74) is 2.64. The molecule has 1 nitrogen and oxygen atoms in total. The van der Waals surface area contributed by atoms with Crippen molar-refractivity contribution in [3.8, 4) is 0 Å². The van der Waals surface area contributed by atoms with E-state index in [1.807, 2.05) is 24.1 Å². The Morgan fingerprint density at radius 2 is 1.85 bits per heavy atom. The molecule has 0 heterocycles. The van der Waals surface area contributed by atoms with Crippen LogP contribution in [0.5, 0.6) is 0 Å². The zero-order valence-electron chi connectivity index (χ0n) is 8.00. The Bertz CT molecular complexity index is 311. The fourth-order valence-corrected chi connectivity index (χ4v) is 2.35. The number of carbonyl (C=O) groups excluding carboxylic acids is 1. The Balaban J connectivity index is 3.04. The largest absolute Gasteiger partial charge is 0.285 e. The molecular weight excluding hydrogens is 176 g/mol. The highest BCUT2D eigenvalue weighted by molar-refractivity contribution is 6.93. The Labute approximate surface area is 80.1 Å². The van der Waals surface area contributed by atoms with E-state index >= 15 is 0 Å². The summed E-state index contributed by atoms with van der Waals surface area (Å²) >= 11 is 0. The molecule has 0 atom stereocenters. The zero-order chi connectivity index (χ0) is 9.90. The van der Waals surface area contributed by atoms with Gasteiger partial charge in [0.1, 0.15) is 8.07 Å². The summed E-state index contributed by atoms with van der Waals surface area (Å²) in [4.78, 5) is 10.3. The standard InChI is InChI=1S/C11H13OSi/c1-4-13(2,3)11-7-5-10(9-12)6-8-11/h4-8H,1H2,2-3H3. The molecule has 67 valence electrons. The summed E-state index contributed by atoms with van der Waals surface area (Å²) < 4.78 is 0. The summed E-state index contributed by atoms with van der Waals surface area (Å²) in [7, 11) is -1.45. The van der Waals surface area contributed by atoms with E-state index in [1.165, 1.54) is 5.19 Å². The van der Waals surface area contributed by atoms with Gasteiger partial charge in [-0.2, -0.15) is 0 Å². The lowest BCUT2D eigenvalue weighted by Gasteiger charge is -2.17. The first kappa shape index (κ1) is 9.93. The Morgan fingerprint density at radius 3 is 2.23 bits per heavy atom. The molecule has 0 aliphatic rings. The molecule has 1 rings (SSSR count). The van der Waals surface area contributed by atoms with Crippen LogP contribution in [0, 0.1) is 0 Å². The molecule has 1 aromatic carbocycles. The monoisotopic (exact) mass is 189 g/mol. The predicted octanol–water partition coefficient (Wildman–Crippen LogP) is 1.78. The zero-order valence-corrected chi connectivity index (χ0v) is 9.00. The van der Waals surface area contributed by atoms with Crippen molar-refractivity contribution in [2.45, 2.75) is 13.1 Å². The van der Waals surface area contributed by atoms with Crippen LogP contribution in [0.1, 0.15) is 5.56 Å². The molecule has 0 aliphatic carbocycles. The van der Waals surface area contributed by atoms with Crippen LogP contribution in [0.3, 0.4) is 0 Å². The summed E-state index contributed by atoms with van der Waals surface area (Å²) in [6, 6.07) is 7.60. The first-order valence-corrected chi connectivity index (χ1v) is 7.30. The van der Waals surface area contributed by atoms with Crippen LogP contribution in [0.2, 0.25) is 13.1 Å². The van der Waals surface area contributed by atoms with Gasteiger partial charge in [-0.05, 0) is 0 Å². The molecule has 13 heavy (non-hydrogen) atoms. The third kappa shape index (κ3) is 2.16. The molecule has 0 amide bonds. The second kappa shape index (κ2) is 3.71. The van der Waals surface area contributed by atoms with Gasteiger partial charge in [0.15, 0.2) is 0 Å². The Morgan fingerprint density at radius 1 is 1.31 bits per heavy atom. The van der Waals surface area contributed by atoms with Crippen LogP contribution in [0.4, 0.5) is 0 Å². The van der Waals surface area contributed by atoms with Crippen molar-refractivity contribution in [3.63, 3.8) is 0 Å². The van der Waals surface area contributed by atoms with Gasteiger partial charge in [0.05, 0.1) is 0 Å². The highest BCUT2D eigenvalue weighted by Gasteiger charge is 2.18. The maximum absolute atomic E-state index is 10.3. The van der Waals surface area contributed by atoms with Gasteiger partial charge in [0.2, 0.25) is 6.29 Å². The molecule has 1 radical (unpaired) electrons. The van der Waals surface area contributed by atoms with Gasteiger partial charge in [0.25, 0.3) is 0 Å². The highest BCUT2D eigenvalue weighted by atomic mass is 28.3. The molecule has 0 saturated heterocycles. The average Bonchev–Trinajstić information content (AvgIpc) is 2.18. The molecule has 0 unspecified atom stereocenters. The fraction of sp³-hybridized carbons (Fsp3) is 0.182. The topological polar surface area (TPSA) is 17.1 Å². The first-order valence-electron chi connectivity index (χ1n) is 4.22. The third-order valence-electron chi connectivity index (χ3n) is 2.26. The lowest BCUT2D eigenvalue weighted by Crippen LogP contribution is -2.39. The van der Waals surface area contributed by atoms with Crippen molar-refractivity contribution in [3.05, 3.63) is 42.1 Å². The van der Waals surface area contributed by atoms with E-state index in [2.05, 4.69) is 19.7 Å². The van der Waals surface area contributed by atoms with Crippen molar-refractivity contribution in [2.24, 2.45) is 0 Å². The van der Waals surface area contributed by atoms with E-state index in [0.717, 1.165) is 0 Å². The van der Waals surface area contributed by atoms with E-state index in [4.69, 9.17) is 0 Å². The lowest BCUT2D eigenvalue weighted by molar-refractivity contribution is 0.563. The molecular formula is C11H13OSi. The van der Waals surface area contributed by atoms with Crippen LogP contribution in [0.25, 0.3) is 0 Å². The second-order valence-corrected chi connectivity index (χ2v) is 8.03. The highest BCUT2D eigenvalue weighted by Crippen LogP contribution is 2.04. The molecule has 2 heteroatoms. The van der Waals surface area contributed by atoms with Gasteiger partial charge in [-0.1, -0.05) is 48.2 Å². The lowest BCUT2D eigenvalue weighted by atomic mass is 10.2. The van der Waals surface area contributed by atoms with Crippen molar-refractivity contribution < 1.29 is 4.79 Å². The van der Waals surface area contributed by atoms with Crippen molar-refractivity contribution in [1.82, 2.24) is 0 Å². The van der Waals surface area contributed by atoms with E-state index in [-0.39, 0.29) is 0 Å². The van der Waals surface area contributed by atoms with E-state index < -0.39 is 8.07 Å². The van der Waals surface area contributed by atoms with Crippen LogP contribution in [0.15, 0.2) is 36.5 Å². The molecule has 0 aromatic heterocycles. The van der Waals surface area contributed by atoms with Gasteiger partial charge in [0, 0.05) is 5.56 Å². The molecule has 1 aromatic rings. The van der Waals surface area contributed by atoms with Crippen LogP contribution < -0.4 is 5.19 Å². The van der Waals surface area contributed by atoms with E-state index in [1.54, 1.807) is 12.1 Å². The summed E-state index contributed by atoms with van der Waals surface area (Å²) in [6.45, 7) is 8.28. The summed E-state index contributed by atoms with van der Waals surface area (Å²) in [5, 5.41) is 1.29. The van der Waals surface area contributed by atoms with Gasteiger partial charge < -0.3 is 0 Å². The quantitative estimate of drug-likeness (QED) is 0.662. The average molecular weight is 189 g/mol. The minimum Gasteiger partial charge on any atom is -0.285 e. The molecule has 0 N–H and O–H groups in total. The molecule has 0 spiro atoms. The third-order valence-corrected chi connectivity index (χ3v) is 5.10. The van der Waals surface area contributed by atoms with Crippen LogP contribution in [-0.2, 0) is 4.79 Å². The van der Waals surface area contributed by atoms with Crippen molar-refractivity contribution >= 4 is 19.5 Å². The number of hydrogen-bond donors (Lipinski definition) is 0. The Hall–Kier alpha value is -1.15. The van der Waals surface area contributed by atoms with Crippen molar-refractivity contribution in [1.29, 1.82) is 0 Å². The SMILES string of the molecule is C=C[Si](C)(C)c1ccc([C]=O)cc1. The summed E-state index contributed by atoms with van der Waals surface area (Å²) in [6.07, 6.45) is 1.86. The van der Waals surface area contributed by atoms with E-state index in [0.29, 0.717) is 5.56 Å². The Kier molecular flexibility index (Phi) is 2.83. The van der Waals surface area contributed by atoms with Crippen LogP contribution >= 0.6 is 0 Å². The van der Waals surface area contributed by atoms with Gasteiger partial charge in [-0.15, -0.1) is 6.58 Å². The molecule has 0 saturated carbocycles. The smallest absolute Gasteiger partial charge is 0.233 e. The molecule has 0 fully saturated rings. The first-order chi connectivity index (χ1) is 6.10. The van der Waals surface area contributed by atoms with Gasteiger partial charge in [-0.25, -0.2) is 0 Å². The normalized spacial score (nSPS) is 10.9. The second-order valence-electron chi connectivity index (χ2n) is 3.61. The molecule has 0 aliphatic heterocycles. The molecule has 0 bridgehead atoms. The number of rotatable bonds is 3. The maximum Gasteiger partial charge on any atom is 0.233 e. The number of benzene rings is 1. The van der Waals surface area contributed by atoms with Crippen LogP contribution in [-0.4, -0.2) is 14.4 Å². The van der Waals surface area contributed by atoms with Gasteiger partial charge in [-0.3, -0.25) is 4.79 Å². The van der Waals surface area contributed by atoms with E-state index in [9.17, 15) is 4.79 Å². The van der Waals surface area contributed by atoms with Crippen molar-refractivity contribution in [2.75, 3.05) is 0 Å². The maximum atomic E-state index is 10.3.